The molecule has 2 saturated heterocycles. The summed E-state index contributed by atoms with van der Waals surface area (Å²) in [7, 11) is 1.42. The first-order chi connectivity index (χ1) is 10.2. The highest BCUT2D eigenvalue weighted by molar-refractivity contribution is 5.69. The van der Waals surface area contributed by atoms with Gasteiger partial charge in [0.2, 0.25) is 0 Å². The fourth-order valence-corrected chi connectivity index (χ4v) is 3.40. The summed E-state index contributed by atoms with van der Waals surface area (Å²) >= 11 is 0. The first-order valence-electron chi connectivity index (χ1n) is 7.76. The predicted octanol–water partition coefficient (Wildman–Crippen LogP) is 2.41. The molecule has 1 aromatic carbocycles. The molecule has 4 nitrogen and oxygen atoms in total. The molecule has 0 spiro atoms. The maximum Gasteiger partial charge on any atom is 0.305 e. The number of carbonyl (C=O) groups is 1. The molecular weight excluding hydrogens is 266 g/mol. The van der Waals surface area contributed by atoms with Gasteiger partial charge in [-0.15, -0.1) is 0 Å². The van der Waals surface area contributed by atoms with Crippen LogP contribution in [-0.2, 0) is 16.0 Å². The van der Waals surface area contributed by atoms with Crippen LogP contribution in [0.3, 0.4) is 0 Å². The summed E-state index contributed by atoms with van der Waals surface area (Å²) < 4.78 is 11.0. The molecule has 0 N–H and O–H groups in total. The molecule has 2 aliphatic heterocycles. The van der Waals surface area contributed by atoms with Crippen molar-refractivity contribution in [1.82, 2.24) is 4.90 Å². The maximum absolute atomic E-state index is 11.1. The van der Waals surface area contributed by atoms with Crippen LogP contribution >= 0.6 is 0 Å². The second-order valence-corrected chi connectivity index (χ2v) is 6.13. The Hall–Kier alpha value is -1.55. The van der Waals surface area contributed by atoms with Crippen molar-refractivity contribution >= 4 is 5.97 Å². The van der Waals surface area contributed by atoms with Crippen LogP contribution in [0.25, 0.3) is 0 Å². The molecule has 2 fully saturated rings. The summed E-state index contributed by atoms with van der Waals surface area (Å²) in [6.45, 7) is 3.45. The van der Waals surface area contributed by atoms with Crippen molar-refractivity contribution in [2.24, 2.45) is 0 Å². The minimum atomic E-state index is -0.164. The summed E-state index contributed by atoms with van der Waals surface area (Å²) in [5.74, 6) is 0.781. The largest absolute Gasteiger partial charge is 0.486 e. The molecule has 1 unspecified atom stereocenters. The molecule has 114 valence electrons. The summed E-state index contributed by atoms with van der Waals surface area (Å²) in [5, 5.41) is 0. The fourth-order valence-electron chi connectivity index (χ4n) is 3.40. The Morgan fingerprint density at radius 3 is 2.81 bits per heavy atom. The molecule has 0 radical (unpaired) electrons. The lowest BCUT2D eigenvalue weighted by Gasteiger charge is -2.34. The van der Waals surface area contributed by atoms with Gasteiger partial charge in [0.25, 0.3) is 0 Å². The molecule has 21 heavy (non-hydrogen) atoms. The van der Waals surface area contributed by atoms with Crippen LogP contribution in [0.15, 0.2) is 24.3 Å². The van der Waals surface area contributed by atoms with Gasteiger partial charge in [-0.25, -0.2) is 0 Å². The van der Waals surface area contributed by atoms with Gasteiger partial charge >= 0.3 is 5.97 Å². The second-order valence-electron chi connectivity index (χ2n) is 6.13. The highest BCUT2D eigenvalue weighted by Gasteiger charge is 2.42. The number of carbonyl (C=O) groups excluding carboxylic acids is 1. The third kappa shape index (κ3) is 3.38. The van der Waals surface area contributed by atoms with Gasteiger partial charge in [0.1, 0.15) is 11.4 Å². The van der Waals surface area contributed by atoms with Crippen LogP contribution in [0.1, 0.15) is 31.2 Å². The normalized spacial score (nSPS) is 27.4. The van der Waals surface area contributed by atoms with E-state index in [1.54, 1.807) is 0 Å². The highest BCUT2D eigenvalue weighted by Crippen LogP contribution is 2.35. The summed E-state index contributed by atoms with van der Waals surface area (Å²) in [4.78, 5) is 13.6. The molecule has 0 aromatic heterocycles. The van der Waals surface area contributed by atoms with E-state index >= 15 is 0 Å². The number of aryl methyl sites for hydroxylation is 1. The number of methoxy groups -OCH3 is 1. The molecule has 0 amide bonds. The van der Waals surface area contributed by atoms with Gasteiger partial charge in [-0.3, -0.25) is 9.69 Å². The Labute approximate surface area is 126 Å². The lowest BCUT2D eigenvalue weighted by Crippen LogP contribution is -2.43. The Balaban J connectivity index is 1.58. The van der Waals surface area contributed by atoms with Crippen LogP contribution in [0.5, 0.6) is 5.75 Å². The van der Waals surface area contributed by atoms with Gasteiger partial charge in [0.15, 0.2) is 0 Å². The van der Waals surface area contributed by atoms with E-state index < -0.39 is 0 Å². The lowest BCUT2D eigenvalue weighted by molar-refractivity contribution is -0.140. The monoisotopic (exact) mass is 289 g/mol. The first kappa shape index (κ1) is 14.4. The van der Waals surface area contributed by atoms with Gasteiger partial charge in [-0.05, 0) is 43.5 Å². The van der Waals surface area contributed by atoms with E-state index in [0.29, 0.717) is 12.8 Å². The lowest BCUT2D eigenvalue weighted by atomic mass is 9.94. The quantitative estimate of drug-likeness (QED) is 0.780. The number of hydrogen-bond donors (Lipinski definition) is 0. The second kappa shape index (κ2) is 6.06. The Morgan fingerprint density at radius 2 is 2.05 bits per heavy atom. The number of benzene rings is 1. The minimum absolute atomic E-state index is 0.0335. The average Bonchev–Trinajstić information content (AvgIpc) is 2.80. The zero-order valence-corrected chi connectivity index (χ0v) is 12.6. The first-order valence-corrected chi connectivity index (χ1v) is 7.76. The fraction of sp³-hybridized carbons (Fsp3) is 0.588. The number of esters is 1. The predicted molar refractivity (Wildman–Crippen MR) is 80.4 cm³/mol. The standard InChI is InChI=1S/C17H23NO3/c1-20-16(19)8-5-14-3-6-15(7-4-14)21-17-9-2-11-18(13-17)12-10-17/h3-4,6-7H,2,5,8-13H2,1H3/t17-/m1/s1. The van der Waals surface area contributed by atoms with Gasteiger partial charge < -0.3 is 9.47 Å². The Kier molecular flexibility index (Phi) is 4.15. The molecule has 1 aromatic rings. The SMILES string of the molecule is COC(=O)CCc1ccc(O[C@]23CCCN(CC2)C3)cc1. The molecule has 2 atom stereocenters. The van der Waals surface area contributed by atoms with E-state index in [-0.39, 0.29) is 11.6 Å². The van der Waals surface area contributed by atoms with Gasteiger partial charge in [-0.2, -0.15) is 0 Å². The molecule has 0 saturated carbocycles. The van der Waals surface area contributed by atoms with E-state index in [1.165, 1.54) is 20.1 Å². The maximum atomic E-state index is 11.1. The molecule has 3 rings (SSSR count). The smallest absolute Gasteiger partial charge is 0.305 e. The average molecular weight is 289 g/mol. The van der Waals surface area contributed by atoms with E-state index in [9.17, 15) is 4.79 Å². The van der Waals surface area contributed by atoms with E-state index in [0.717, 1.165) is 37.2 Å². The highest BCUT2D eigenvalue weighted by atomic mass is 16.5. The molecule has 2 bridgehead atoms. The molecule has 2 aliphatic rings. The molecule has 2 heterocycles. The van der Waals surface area contributed by atoms with Gasteiger partial charge in [0, 0.05) is 25.9 Å². The minimum Gasteiger partial charge on any atom is -0.486 e. The topological polar surface area (TPSA) is 38.8 Å². The van der Waals surface area contributed by atoms with Crippen LogP contribution in [0.4, 0.5) is 0 Å². The number of ether oxygens (including phenoxy) is 2. The molecular formula is C17H23NO3. The zero-order chi connectivity index (χ0) is 14.7. The summed E-state index contributed by atoms with van der Waals surface area (Å²) in [5.41, 5.74) is 1.17. The number of nitrogens with zero attached hydrogens (tertiary/aromatic N) is 1. The van der Waals surface area contributed by atoms with Crippen molar-refractivity contribution in [3.63, 3.8) is 0 Å². The van der Waals surface area contributed by atoms with Crippen molar-refractivity contribution in [2.75, 3.05) is 26.7 Å². The van der Waals surface area contributed by atoms with Crippen LogP contribution in [-0.4, -0.2) is 43.2 Å². The Bertz CT molecular complexity index is 495. The van der Waals surface area contributed by atoms with Crippen molar-refractivity contribution in [3.05, 3.63) is 29.8 Å². The Morgan fingerprint density at radius 1 is 1.24 bits per heavy atom. The van der Waals surface area contributed by atoms with Crippen molar-refractivity contribution in [2.45, 2.75) is 37.7 Å². The van der Waals surface area contributed by atoms with E-state index in [2.05, 4.69) is 9.64 Å². The third-order valence-electron chi connectivity index (χ3n) is 4.61. The number of piperidine rings is 1. The number of fused-ring (bicyclic) bond motifs is 2. The number of rotatable bonds is 5. The number of hydrogen-bond acceptors (Lipinski definition) is 4. The van der Waals surface area contributed by atoms with Crippen molar-refractivity contribution < 1.29 is 14.3 Å². The van der Waals surface area contributed by atoms with Crippen LogP contribution in [0.2, 0.25) is 0 Å². The van der Waals surface area contributed by atoms with Crippen molar-refractivity contribution in [1.29, 1.82) is 0 Å². The summed E-state index contributed by atoms with van der Waals surface area (Å²) in [6.07, 6.45) is 4.67. The van der Waals surface area contributed by atoms with E-state index in [1.807, 2.05) is 24.3 Å². The van der Waals surface area contributed by atoms with Crippen LogP contribution < -0.4 is 4.74 Å². The molecule has 0 aliphatic carbocycles. The van der Waals surface area contributed by atoms with Crippen molar-refractivity contribution in [3.8, 4) is 5.75 Å². The zero-order valence-electron chi connectivity index (χ0n) is 12.6. The van der Waals surface area contributed by atoms with Gasteiger partial charge in [0.05, 0.1) is 7.11 Å². The molecule has 4 heteroatoms. The van der Waals surface area contributed by atoms with Gasteiger partial charge in [-0.1, -0.05) is 12.1 Å². The summed E-state index contributed by atoms with van der Waals surface area (Å²) in [6, 6.07) is 8.15. The third-order valence-corrected chi connectivity index (χ3v) is 4.61. The van der Waals surface area contributed by atoms with E-state index in [4.69, 9.17) is 4.74 Å². The van der Waals surface area contributed by atoms with Crippen LogP contribution in [0, 0.1) is 0 Å².